The average molecular weight is 383 g/mol. The summed E-state index contributed by atoms with van der Waals surface area (Å²) in [7, 11) is 0. The molecule has 2 aliphatic rings. The van der Waals surface area contributed by atoms with Crippen molar-refractivity contribution >= 4 is 11.8 Å². The summed E-state index contributed by atoms with van der Waals surface area (Å²) in [6.45, 7) is 3.22. The monoisotopic (exact) mass is 383 g/mol. The lowest BCUT2D eigenvalue weighted by Crippen LogP contribution is -2.46. The third-order valence-corrected chi connectivity index (χ3v) is 4.91. The zero-order valence-electron chi connectivity index (χ0n) is 15.1. The Morgan fingerprint density at radius 2 is 2.15 bits per heavy atom. The first-order valence-electron chi connectivity index (χ1n) is 8.92. The number of benzene rings is 1. The molecule has 5 nitrogen and oxygen atoms in total. The van der Waals surface area contributed by atoms with Gasteiger partial charge in [-0.1, -0.05) is 12.1 Å². The van der Waals surface area contributed by atoms with Gasteiger partial charge in [0.25, 0.3) is 0 Å². The minimum Gasteiger partial charge on any atom is -0.367 e. The van der Waals surface area contributed by atoms with Gasteiger partial charge in [0.05, 0.1) is 11.7 Å². The van der Waals surface area contributed by atoms with Crippen molar-refractivity contribution in [3.05, 3.63) is 41.3 Å². The van der Waals surface area contributed by atoms with E-state index < -0.39 is 11.7 Å². The smallest absolute Gasteiger partial charge is 0.367 e. The maximum absolute atomic E-state index is 13.1. The van der Waals surface area contributed by atoms with Crippen molar-refractivity contribution in [2.45, 2.75) is 38.6 Å². The highest BCUT2D eigenvalue weighted by molar-refractivity contribution is 5.79. The molecule has 147 valence electrons. The number of hydrogen-bond donors (Lipinski definition) is 0. The lowest BCUT2D eigenvalue weighted by atomic mass is 9.94. The van der Waals surface area contributed by atoms with E-state index in [4.69, 9.17) is 4.74 Å². The maximum atomic E-state index is 13.1. The molecule has 1 atom stereocenters. The molecule has 2 heterocycles. The summed E-state index contributed by atoms with van der Waals surface area (Å²) in [5, 5.41) is 0. The largest absolute Gasteiger partial charge is 0.416 e. The van der Waals surface area contributed by atoms with Crippen LogP contribution in [0.15, 0.2) is 18.2 Å². The average Bonchev–Trinajstić information content (AvgIpc) is 2.62. The summed E-state index contributed by atoms with van der Waals surface area (Å²) >= 11 is 0. The first-order chi connectivity index (χ1) is 12.8. The van der Waals surface area contributed by atoms with Crippen molar-refractivity contribution in [3.63, 3.8) is 0 Å². The van der Waals surface area contributed by atoms with Gasteiger partial charge in [0, 0.05) is 32.6 Å². The van der Waals surface area contributed by atoms with Crippen LogP contribution in [0.1, 0.15) is 30.0 Å². The molecule has 3 rings (SSSR count). The van der Waals surface area contributed by atoms with Crippen molar-refractivity contribution in [1.82, 2.24) is 9.80 Å². The molecule has 1 radical (unpaired) electrons. The molecule has 0 aliphatic carbocycles. The Morgan fingerprint density at radius 3 is 2.89 bits per heavy atom. The molecule has 27 heavy (non-hydrogen) atoms. The molecule has 2 amide bonds. The maximum Gasteiger partial charge on any atom is 0.416 e. The summed E-state index contributed by atoms with van der Waals surface area (Å²) in [5.74, 6) is -0.254. The third kappa shape index (κ3) is 4.61. The Hall–Kier alpha value is -2.09. The second-order valence-corrected chi connectivity index (χ2v) is 6.92. The van der Waals surface area contributed by atoms with Gasteiger partial charge in [0.2, 0.25) is 11.8 Å². The zero-order chi connectivity index (χ0) is 19.6. The number of ether oxygens (including phenoxy) is 1. The molecule has 0 unspecified atom stereocenters. The molecule has 1 aromatic carbocycles. The van der Waals surface area contributed by atoms with Crippen LogP contribution >= 0.6 is 0 Å². The van der Waals surface area contributed by atoms with Crippen LogP contribution in [0.2, 0.25) is 0 Å². The lowest BCUT2D eigenvalue weighted by Gasteiger charge is -2.32. The summed E-state index contributed by atoms with van der Waals surface area (Å²) in [6.07, 6.45) is -2.34. The molecule has 0 N–H and O–H groups in total. The molecule has 8 heteroatoms. The summed E-state index contributed by atoms with van der Waals surface area (Å²) in [4.78, 5) is 27.4. The SMILES string of the molecule is C[C@H]1CN(C[CH]CC(=O)N2CCc3c(cccc3C(F)(F)F)C2)C(=O)CO1. The van der Waals surface area contributed by atoms with E-state index in [-0.39, 0.29) is 56.0 Å². The van der Waals surface area contributed by atoms with Crippen LogP contribution in [0.4, 0.5) is 13.2 Å². The van der Waals surface area contributed by atoms with Gasteiger partial charge in [-0.25, -0.2) is 0 Å². The number of fused-ring (bicyclic) bond motifs is 1. The van der Waals surface area contributed by atoms with E-state index in [1.54, 1.807) is 22.3 Å². The molecular weight excluding hydrogens is 361 g/mol. The Kier molecular flexibility index (Phi) is 5.74. The fourth-order valence-corrected chi connectivity index (χ4v) is 3.51. The highest BCUT2D eigenvalue weighted by Crippen LogP contribution is 2.35. The van der Waals surface area contributed by atoms with Crippen LogP contribution < -0.4 is 0 Å². The number of nitrogens with zero attached hydrogens (tertiary/aromatic N) is 2. The fourth-order valence-electron chi connectivity index (χ4n) is 3.51. The minimum absolute atomic E-state index is 0.0340. The van der Waals surface area contributed by atoms with Crippen molar-refractivity contribution in [1.29, 1.82) is 0 Å². The van der Waals surface area contributed by atoms with Crippen molar-refractivity contribution in [3.8, 4) is 0 Å². The second-order valence-electron chi connectivity index (χ2n) is 6.92. The topological polar surface area (TPSA) is 49.9 Å². The van der Waals surface area contributed by atoms with Gasteiger partial charge >= 0.3 is 6.18 Å². The van der Waals surface area contributed by atoms with Gasteiger partial charge in [-0.05, 0) is 37.0 Å². The van der Waals surface area contributed by atoms with Crippen LogP contribution in [0.25, 0.3) is 0 Å². The van der Waals surface area contributed by atoms with E-state index in [1.165, 1.54) is 6.07 Å². The van der Waals surface area contributed by atoms with Crippen LogP contribution in [-0.4, -0.2) is 54.0 Å². The van der Waals surface area contributed by atoms with E-state index in [0.29, 0.717) is 18.7 Å². The molecule has 1 aromatic rings. The Balaban J connectivity index is 1.55. The van der Waals surface area contributed by atoms with Gasteiger partial charge in [0.15, 0.2) is 0 Å². The third-order valence-electron chi connectivity index (χ3n) is 4.91. The second kappa shape index (κ2) is 7.88. The Labute approximate surface area is 156 Å². The minimum atomic E-state index is -4.38. The molecule has 0 bridgehead atoms. The molecule has 0 saturated carbocycles. The quantitative estimate of drug-likeness (QED) is 0.803. The van der Waals surface area contributed by atoms with E-state index >= 15 is 0 Å². The normalized spacial score (nSPS) is 20.6. The van der Waals surface area contributed by atoms with Gasteiger partial charge in [0.1, 0.15) is 6.61 Å². The summed E-state index contributed by atoms with van der Waals surface area (Å²) in [6, 6.07) is 4.11. The van der Waals surface area contributed by atoms with Crippen molar-refractivity contribution in [2.75, 3.05) is 26.2 Å². The summed E-state index contributed by atoms with van der Waals surface area (Å²) in [5.41, 5.74) is 0.214. The molecule has 1 fully saturated rings. The zero-order valence-corrected chi connectivity index (χ0v) is 15.1. The van der Waals surface area contributed by atoms with E-state index in [9.17, 15) is 22.8 Å². The predicted molar refractivity (Wildman–Crippen MR) is 91.5 cm³/mol. The van der Waals surface area contributed by atoms with Crippen molar-refractivity contribution in [2.24, 2.45) is 0 Å². The van der Waals surface area contributed by atoms with Crippen LogP contribution in [0, 0.1) is 6.42 Å². The number of amides is 2. The number of rotatable bonds is 4. The molecule has 0 spiro atoms. The Morgan fingerprint density at radius 1 is 1.37 bits per heavy atom. The molecule has 2 aliphatic heterocycles. The fraction of sp³-hybridized carbons (Fsp3) is 0.526. The number of carbonyl (C=O) groups is 2. The standard InChI is InChI=1S/C19H22F3N2O3/c1-13-10-23(18(26)12-27-13)8-3-6-17(25)24-9-7-15-14(11-24)4-2-5-16(15)19(20,21)22/h2-5,13H,6-12H2,1H3/t13-/m0/s1. The number of alkyl halides is 3. The van der Waals surface area contributed by atoms with Gasteiger partial charge < -0.3 is 14.5 Å². The van der Waals surface area contributed by atoms with E-state index in [0.717, 1.165) is 6.07 Å². The van der Waals surface area contributed by atoms with Gasteiger partial charge in [-0.3, -0.25) is 9.59 Å². The first kappa shape index (κ1) is 19.7. The highest BCUT2D eigenvalue weighted by Gasteiger charge is 2.35. The summed E-state index contributed by atoms with van der Waals surface area (Å²) < 4.78 is 44.6. The number of morpholine rings is 1. The number of halogens is 3. The molecule has 0 aromatic heterocycles. The lowest BCUT2D eigenvalue weighted by molar-refractivity contribution is -0.147. The van der Waals surface area contributed by atoms with E-state index in [2.05, 4.69) is 0 Å². The van der Waals surface area contributed by atoms with Gasteiger partial charge in [-0.15, -0.1) is 0 Å². The number of hydrogen-bond acceptors (Lipinski definition) is 3. The first-order valence-corrected chi connectivity index (χ1v) is 8.92. The van der Waals surface area contributed by atoms with Crippen LogP contribution in [-0.2, 0) is 33.5 Å². The highest BCUT2D eigenvalue weighted by atomic mass is 19.4. The molecule has 1 saturated heterocycles. The van der Waals surface area contributed by atoms with Gasteiger partial charge in [-0.2, -0.15) is 13.2 Å². The Bertz CT molecular complexity index is 721. The molecular formula is C19H22F3N2O3. The predicted octanol–water partition coefficient (Wildman–Crippen LogP) is 2.43. The van der Waals surface area contributed by atoms with Crippen LogP contribution in [0.5, 0.6) is 0 Å². The van der Waals surface area contributed by atoms with E-state index in [1.807, 2.05) is 6.92 Å². The van der Waals surface area contributed by atoms with Crippen molar-refractivity contribution < 1.29 is 27.5 Å². The van der Waals surface area contributed by atoms with Crippen LogP contribution in [0.3, 0.4) is 0 Å². The number of carbonyl (C=O) groups excluding carboxylic acids is 2.